The van der Waals surface area contributed by atoms with Crippen LogP contribution in [0.5, 0.6) is 0 Å². The average Bonchev–Trinajstić information content (AvgIpc) is 2.48. The highest BCUT2D eigenvalue weighted by atomic mass is 16.1. The predicted octanol–water partition coefficient (Wildman–Crippen LogP) is 2.83. The van der Waals surface area contributed by atoms with E-state index in [1.54, 1.807) is 0 Å². The van der Waals surface area contributed by atoms with Gasteiger partial charge in [-0.05, 0) is 45.2 Å². The molecule has 1 aromatic heterocycles. The maximum absolute atomic E-state index is 12.0. The molecule has 114 valence electrons. The lowest BCUT2D eigenvalue weighted by Gasteiger charge is -2.33. The Labute approximate surface area is 127 Å². The molecule has 0 atom stereocenters. The van der Waals surface area contributed by atoms with Crippen molar-refractivity contribution in [3.05, 3.63) is 35.5 Å². The van der Waals surface area contributed by atoms with E-state index in [4.69, 9.17) is 0 Å². The van der Waals surface area contributed by atoms with Crippen molar-refractivity contribution in [2.45, 2.75) is 46.1 Å². The number of allylic oxidation sites excluding steroid dienone is 1. The number of rotatable bonds is 4. The fraction of sp³-hybridized carbons (Fsp3) is 0.529. The van der Waals surface area contributed by atoms with E-state index in [0.29, 0.717) is 0 Å². The molecule has 21 heavy (non-hydrogen) atoms. The van der Waals surface area contributed by atoms with Crippen molar-refractivity contribution in [1.82, 2.24) is 10.3 Å². The molecule has 0 unspecified atom stereocenters. The van der Waals surface area contributed by atoms with Crippen molar-refractivity contribution in [3.63, 3.8) is 0 Å². The quantitative estimate of drug-likeness (QED) is 0.866. The van der Waals surface area contributed by atoms with Gasteiger partial charge in [-0.2, -0.15) is 0 Å². The number of nitrogens with one attached hydrogen (secondary N) is 1. The fourth-order valence-corrected chi connectivity index (χ4v) is 2.66. The van der Waals surface area contributed by atoms with Crippen LogP contribution in [0.2, 0.25) is 0 Å². The number of amides is 1. The SMILES string of the molecule is CC/C=C(\C)C(=O)NC1CCN(c2cccc(C)n2)CC1. The molecule has 1 N–H and O–H groups in total. The Hall–Kier alpha value is -1.84. The molecule has 0 spiro atoms. The number of pyridine rings is 1. The molecule has 1 aliphatic rings. The van der Waals surface area contributed by atoms with Crippen LogP contribution < -0.4 is 10.2 Å². The Morgan fingerprint density at radius 2 is 2.14 bits per heavy atom. The van der Waals surface area contributed by atoms with Gasteiger partial charge >= 0.3 is 0 Å². The van der Waals surface area contributed by atoms with E-state index in [1.807, 2.05) is 39.0 Å². The second kappa shape index (κ2) is 7.25. The van der Waals surface area contributed by atoms with E-state index in [2.05, 4.69) is 21.3 Å². The average molecular weight is 287 g/mol. The Kier molecular flexibility index (Phi) is 5.37. The van der Waals surface area contributed by atoms with Gasteiger partial charge in [0.1, 0.15) is 5.82 Å². The maximum atomic E-state index is 12.0. The topological polar surface area (TPSA) is 45.2 Å². The van der Waals surface area contributed by atoms with Gasteiger partial charge < -0.3 is 10.2 Å². The monoisotopic (exact) mass is 287 g/mol. The molecule has 4 nitrogen and oxygen atoms in total. The van der Waals surface area contributed by atoms with Crippen LogP contribution in [-0.4, -0.2) is 30.0 Å². The fourth-order valence-electron chi connectivity index (χ4n) is 2.66. The molecule has 1 aromatic rings. The smallest absolute Gasteiger partial charge is 0.246 e. The summed E-state index contributed by atoms with van der Waals surface area (Å²) >= 11 is 0. The van der Waals surface area contributed by atoms with E-state index in [0.717, 1.165) is 49.4 Å². The number of aromatic nitrogens is 1. The largest absolute Gasteiger partial charge is 0.356 e. The molecule has 0 bridgehead atoms. The van der Waals surface area contributed by atoms with Crippen LogP contribution in [0.4, 0.5) is 5.82 Å². The second-order valence-corrected chi connectivity index (χ2v) is 5.67. The predicted molar refractivity (Wildman–Crippen MR) is 86.4 cm³/mol. The normalized spacial score (nSPS) is 16.9. The van der Waals surface area contributed by atoms with Crippen molar-refractivity contribution in [2.75, 3.05) is 18.0 Å². The van der Waals surface area contributed by atoms with E-state index >= 15 is 0 Å². The van der Waals surface area contributed by atoms with Gasteiger partial charge in [-0.3, -0.25) is 4.79 Å². The summed E-state index contributed by atoms with van der Waals surface area (Å²) in [5.41, 5.74) is 1.86. The summed E-state index contributed by atoms with van der Waals surface area (Å²) in [5.74, 6) is 1.12. The summed E-state index contributed by atoms with van der Waals surface area (Å²) in [5, 5.41) is 3.13. The van der Waals surface area contributed by atoms with Crippen LogP contribution in [0.25, 0.3) is 0 Å². The van der Waals surface area contributed by atoms with Crippen molar-refractivity contribution in [2.24, 2.45) is 0 Å². The van der Waals surface area contributed by atoms with Crippen molar-refractivity contribution in [3.8, 4) is 0 Å². The Bertz CT molecular complexity index is 517. The number of carbonyl (C=O) groups excluding carboxylic acids is 1. The zero-order valence-corrected chi connectivity index (χ0v) is 13.2. The first-order valence-corrected chi connectivity index (χ1v) is 7.76. The minimum Gasteiger partial charge on any atom is -0.356 e. The number of hydrogen-bond donors (Lipinski definition) is 1. The summed E-state index contributed by atoms with van der Waals surface area (Å²) in [4.78, 5) is 18.9. The highest BCUT2D eigenvalue weighted by Gasteiger charge is 2.21. The molecule has 0 aromatic carbocycles. The third-order valence-corrected chi connectivity index (χ3v) is 3.90. The third kappa shape index (κ3) is 4.31. The molecule has 0 saturated carbocycles. The zero-order chi connectivity index (χ0) is 15.2. The summed E-state index contributed by atoms with van der Waals surface area (Å²) in [6, 6.07) is 6.39. The lowest BCUT2D eigenvalue weighted by atomic mass is 10.0. The third-order valence-electron chi connectivity index (χ3n) is 3.90. The molecular weight excluding hydrogens is 262 g/mol. The van der Waals surface area contributed by atoms with Crippen LogP contribution in [0.15, 0.2) is 29.8 Å². The minimum absolute atomic E-state index is 0.0731. The number of hydrogen-bond acceptors (Lipinski definition) is 3. The van der Waals surface area contributed by atoms with E-state index in [1.165, 1.54) is 0 Å². The molecule has 1 amide bonds. The van der Waals surface area contributed by atoms with Crippen molar-refractivity contribution >= 4 is 11.7 Å². The second-order valence-electron chi connectivity index (χ2n) is 5.67. The lowest BCUT2D eigenvalue weighted by Crippen LogP contribution is -2.45. The Balaban J connectivity index is 1.86. The number of nitrogens with zero attached hydrogens (tertiary/aromatic N) is 2. The van der Waals surface area contributed by atoms with Crippen molar-refractivity contribution in [1.29, 1.82) is 0 Å². The first-order chi connectivity index (χ1) is 10.1. The Morgan fingerprint density at radius 1 is 1.43 bits per heavy atom. The lowest BCUT2D eigenvalue weighted by molar-refractivity contribution is -0.118. The molecule has 0 radical (unpaired) electrons. The zero-order valence-electron chi connectivity index (χ0n) is 13.2. The highest BCUT2D eigenvalue weighted by molar-refractivity contribution is 5.92. The summed E-state index contributed by atoms with van der Waals surface area (Å²) < 4.78 is 0. The van der Waals surface area contributed by atoms with Gasteiger partial charge in [0.15, 0.2) is 0 Å². The highest BCUT2D eigenvalue weighted by Crippen LogP contribution is 2.18. The maximum Gasteiger partial charge on any atom is 0.246 e. The van der Waals surface area contributed by atoms with Gasteiger partial charge in [0.25, 0.3) is 0 Å². The van der Waals surface area contributed by atoms with Crippen LogP contribution >= 0.6 is 0 Å². The van der Waals surface area contributed by atoms with Gasteiger partial charge in [0, 0.05) is 30.4 Å². The minimum atomic E-state index is 0.0731. The molecule has 1 fully saturated rings. The van der Waals surface area contributed by atoms with Gasteiger partial charge in [0.2, 0.25) is 5.91 Å². The van der Waals surface area contributed by atoms with Crippen LogP contribution in [0, 0.1) is 6.92 Å². The summed E-state index contributed by atoms with van der Waals surface area (Å²) in [6.07, 6.45) is 4.82. The van der Waals surface area contributed by atoms with E-state index in [9.17, 15) is 4.79 Å². The number of piperidine rings is 1. The van der Waals surface area contributed by atoms with Gasteiger partial charge in [-0.15, -0.1) is 0 Å². The molecule has 2 rings (SSSR count). The number of carbonyl (C=O) groups is 1. The van der Waals surface area contributed by atoms with Gasteiger partial charge in [-0.1, -0.05) is 19.1 Å². The van der Waals surface area contributed by atoms with E-state index < -0.39 is 0 Å². The summed E-state index contributed by atoms with van der Waals surface area (Å²) in [7, 11) is 0. The number of anilines is 1. The first-order valence-electron chi connectivity index (χ1n) is 7.76. The molecule has 0 aliphatic carbocycles. The molecule has 1 saturated heterocycles. The molecule has 2 heterocycles. The van der Waals surface area contributed by atoms with Crippen LogP contribution in [0.3, 0.4) is 0 Å². The number of aryl methyl sites for hydroxylation is 1. The van der Waals surface area contributed by atoms with Crippen LogP contribution in [0.1, 0.15) is 38.8 Å². The molecular formula is C17H25N3O. The van der Waals surface area contributed by atoms with Gasteiger partial charge in [-0.25, -0.2) is 4.98 Å². The summed E-state index contributed by atoms with van der Waals surface area (Å²) in [6.45, 7) is 7.82. The van der Waals surface area contributed by atoms with Crippen molar-refractivity contribution < 1.29 is 4.79 Å². The van der Waals surface area contributed by atoms with Gasteiger partial charge in [0.05, 0.1) is 0 Å². The standard InChI is InChI=1S/C17H25N3O/c1-4-6-13(2)17(21)19-15-9-11-20(12-10-15)16-8-5-7-14(3)18-16/h5-8,15H,4,9-12H2,1-3H3,(H,19,21)/b13-6+. The molecule has 1 aliphatic heterocycles. The molecule has 4 heteroatoms. The Morgan fingerprint density at radius 3 is 2.76 bits per heavy atom. The van der Waals surface area contributed by atoms with Crippen LogP contribution in [-0.2, 0) is 4.79 Å². The first kappa shape index (κ1) is 15.5. The van der Waals surface area contributed by atoms with E-state index in [-0.39, 0.29) is 11.9 Å².